The molecule has 5 fully saturated rings. The molecule has 7 rings (SSSR count). The van der Waals surface area contributed by atoms with Gasteiger partial charge in [-0.05, 0) is 97.5 Å². The highest BCUT2D eigenvalue weighted by Crippen LogP contribution is 2.70. The largest absolute Gasteiger partial charge is 0.459 e. The molecule has 2 aliphatic heterocycles. The molecule has 0 amide bonds. The molecule has 44 heavy (non-hydrogen) atoms. The highest BCUT2D eigenvalue weighted by Gasteiger charge is 2.68. The third-order valence-electron chi connectivity index (χ3n) is 13.4. The van der Waals surface area contributed by atoms with Gasteiger partial charge < -0.3 is 14.2 Å². The Morgan fingerprint density at radius 2 is 1.82 bits per heavy atom. The summed E-state index contributed by atoms with van der Waals surface area (Å²) in [5.74, 6) is 2.18. The minimum Gasteiger partial charge on any atom is -0.459 e. The Hall–Kier alpha value is -1.96. The van der Waals surface area contributed by atoms with Crippen LogP contribution in [0.2, 0.25) is 0 Å². The summed E-state index contributed by atoms with van der Waals surface area (Å²) in [5.41, 5.74) is 1.83. The average molecular weight is 623 g/mol. The maximum Gasteiger partial charge on any atom is 0.334 e. The van der Waals surface area contributed by atoms with Gasteiger partial charge in [0.1, 0.15) is 6.10 Å². The summed E-state index contributed by atoms with van der Waals surface area (Å²) in [6.45, 7) is 14.3. The van der Waals surface area contributed by atoms with Gasteiger partial charge >= 0.3 is 5.97 Å². The predicted octanol–water partition coefficient (Wildman–Crippen LogP) is 7.29. The molecule has 0 bridgehead atoms. The molecule has 6 nitrogen and oxygen atoms in total. The van der Waals surface area contributed by atoms with Crippen molar-refractivity contribution in [2.24, 2.45) is 46.3 Å². The molecule has 1 aromatic carbocycles. The van der Waals surface area contributed by atoms with Crippen LogP contribution in [0, 0.1) is 46.3 Å². The fourth-order valence-corrected chi connectivity index (χ4v) is 12.3. The Morgan fingerprint density at radius 1 is 1.05 bits per heavy atom. The zero-order valence-electron chi connectivity index (χ0n) is 26.9. The summed E-state index contributed by atoms with van der Waals surface area (Å²) in [6, 6.07) is 8.20. The molecule has 1 unspecified atom stereocenters. The number of ether oxygens (including phenoxy) is 3. The number of esters is 1. The van der Waals surface area contributed by atoms with Crippen molar-refractivity contribution in [1.82, 2.24) is 0 Å². The summed E-state index contributed by atoms with van der Waals surface area (Å²) in [5, 5.41) is 0. The van der Waals surface area contributed by atoms with Gasteiger partial charge in [0.2, 0.25) is 0 Å². The molecule has 0 radical (unpaired) electrons. The molecule has 7 heteroatoms. The fourth-order valence-electron chi connectivity index (χ4n) is 11.0. The summed E-state index contributed by atoms with van der Waals surface area (Å²) < 4.78 is 44.9. The number of hydrogen-bond donors (Lipinski definition) is 0. The van der Waals surface area contributed by atoms with Gasteiger partial charge in [-0.25, -0.2) is 13.2 Å². The Kier molecular flexibility index (Phi) is 7.53. The number of sulfone groups is 1. The van der Waals surface area contributed by atoms with Gasteiger partial charge in [0, 0.05) is 24.3 Å². The van der Waals surface area contributed by atoms with Gasteiger partial charge in [-0.2, -0.15) is 0 Å². The van der Waals surface area contributed by atoms with Crippen LogP contribution in [0.5, 0.6) is 0 Å². The zero-order chi connectivity index (χ0) is 31.1. The summed E-state index contributed by atoms with van der Waals surface area (Å²) in [6.07, 6.45) is 12.0. The molecule has 4 aliphatic carbocycles. The molecule has 2 saturated heterocycles. The van der Waals surface area contributed by atoms with Crippen LogP contribution in [-0.2, 0) is 28.8 Å². The average Bonchev–Trinajstić information content (AvgIpc) is 3.44. The van der Waals surface area contributed by atoms with Crippen molar-refractivity contribution in [3.63, 3.8) is 0 Å². The van der Waals surface area contributed by atoms with Crippen LogP contribution < -0.4 is 0 Å². The third-order valence-corrected chi connectivity index (χ3v) is 15.1. The monoisotopic (exact) mass is 622 g/mol. The van der Waals surface area contributed by atoms with Gasteiger partial charge in [-0.3, -0.25) is 0 Å². The first-order valence-electron chi connectivity index (χ1n) is 17.0. The Balaban J connectivity index is 1.01. The molecular weight excluding hydrogens is 572 g/mol. The maximum absolute atomic E-state index is 13.0. The van der Waals surface area contributed by atoms with E-state index >= 15 is 0 Å². The predicted molar refractivity (Wildman–Crippen MR) is 169 cm³/mol. The first-order valence-corrected chi connectivity index (χ1v) is 18.7. The lowest BCUT2D eigenvalue weighted by atomic mass is 9.47. The highest BCUT2D eigenvalue weighted by atomic mass is 32.2. The van der Waals surface area contributed by atoms with Crippen LogP contribution >= 0.6 is 0 Å². The first kappa shape index (κ1) is 30.7. The lowest BCUT2D eigenvalue weighted by Gasteiger charge is -2.58. The number of carbonyl (C=O) groups is 1. The Morgan fingerprint density at radius 3 is 2.55 bits per heavy atom. The van der Waals surface area contributed by atoms with E-state index in [1.54, 1.807) is 30.3 Å². The molecule has 11 atom stereocenters. The van der Waals surface area contributed by atoms with Crippen molar-refractivity contribution < 1.29 is 27.4 Å². The minimum atomic E-state index is -3.65. The van der Waals surface area contributed by atoms with E-state index < -0.39 is 21.6 Å². The number of carbonyl (C=O) groups excluding carboxylic acids is 1. The van der Waals surface area contributed by atoms with Crippen molar-refractivity contribution >= 4 is 15.8 Å². The van der Waals surface area contributed by atoms with E-state index in [0.29, 0.717) is 41.6 Å². The fraction of sp³-hybridized carbons (Fsp3) is 0.703. The van der Waals surface area contributed by atoms with Gasteiger partial charge in [0.25, 0.3) is 0 Å². The second-order valence-electron chi connectivity index (χ2n) is 15.7. The standard InChI is InChI=1S/C37H50O6S/c1-23-13-18-37(41-21-23)25(3)33-32(43-37)20-31-29-12-11-26-19-27(14-16-35(26,4)30(29)15-17-36(31,33)5)42-34(38)24(2)22-44(39,40)28-9-7-6-8-10-28/h6-11,23,25,27,29-33H,2,12-22H2,1,3-5H3/t23-,25+,27+,29-,30+,31+,32+,33?,35+,36+,37-/m1/s1. The molecule has 0 aromatic heterocycles. The summed E-state index contributed by atoms with van der Waals surface area (Å²) in [7, 11) is -3.65. The highest BCUT2D eigenvalue weighted by molar-refractivity contribution is 7.91. The first-order chi connectivity index (χ1) is 20.9. The van der Waals surface area contributed by atoms with E-state index in [-0.39, 0.29) is 33.2 Å². The summed E-state index contributed by atoms with van der Waals surface area (Å²) in [4.78, 5) is 13.2. The normalized spacial score (nSPS) is 44.6. The smallest absolute Gasteiger partial charge is 0.334 e. The lowest BCUT2D eigenvalue weighted by Crippen LogP contribution is -2.52. The topological polar surface area (TPSA) is 78.9 Å². The molecule has 240 valence electrons. The number of hydrogen-bond acceptors (Lipinski definition) is 6. The van der Waals surface area contributed by atoms with E-state index in [9.17, 15) is 13.2 Å². The molecule has 6 aliphatic rings. The number of rotatable bonds is 5. The van der Waals surface area contributed by atoms with Crippen LogP contribution in [0.3, 0.4) is 0 Å². The van der Waals surface area contributed by atoms with Crippen LogP contribution in [-0.4, -0.2) is 44.7 Å². The molecular formula is C37H50O6S. The van der Waals surface area contributed by atoms with Crippen molar-refractivity contribution in [3.8, 4) is 0 Å². The second-order valence-corrected chi connectivity index (χ2v) is 17.7. The summed E-state index contributed by atoms with van der Waals surface area (Å²) >= 11 is 0. The van der Waals surface area contributed by atoms with E-state index in [0.717, 1.165) is 45.1 Å². The maximum atomic E-state index is 13.0. The third kappa shape index (κ3) is 4.78. The number of benzene rings is 1. The van der Waals surface area contributed by atoms with Gasteiger partial charge in [0.15, 0.2) is 15.6 Å². The molecule has 3 saturated carbocycles. The zero-order valence-corrected chi connectivity index (χ0v) is 27.7. The number of fused-ring (bicyclic) bond motifs is 7. The van der Waals surface area contributed by atoms with Crippen molar-refractivity contribution in [1.29, 1.82) is 0 Å². The second kappa shape index (κ2) is 10.8. The van der Waals surface area contributed by atoms with E-state index in [1.165, 1.54) is 24.8 Å². The van der Waals surface area contributed by atoms with Crippen molar-refractivity contribution in [2.45, 2.75) is 108 Å². The van der Waals surface area contributed by atoms with Crippen LogP contribution in [0.25, 0.3) is 0 Å². The minimum absolute atomic E-state index is 0.00964. The molecule has 0 N–H and O–H groups in total. The Labute approximate surface area is 263 Å². The van der Waals surface area contributed by atoms with E-state index in [2.05, 4.69) is 40.3 Å². The van der Waals surface area contributed by atoms with E-state index in [1.807, 2.05) is 0 Å². The van der Waals surface area contributed by atoms with Gasteiger partial charge in [-0.15, -0.1) is 0 Å². The van der Waals surface area contributed by atoms with Crippen LogP contribution in [0.4, 0.5) is 0 Å². The lowest BCUT2D eigenvalue weighted by molar-refractivity contribution is -0.272. The van der Waals surface area contributed by atoms with E-state index in [4.69, 9.17) is 14.2 Å². The van der Waals surface area contributed by atoms with Gasteiger partial charge in [0.05, 0.1) is 23.4 Å². The SMILES string of the molecule is C=C(CS(=O)(=O)c1ccccc1)C(=O)O[C@H]1CC[C@@]2(C)C(=CC[C@@H]3[C@@H]2CC[C@]2(C)C4[C@H](C[C@@H]32)O[C@]2(CC[C@@H](C)CO2)[C@H]4C)C1. The molecule has 1 aromatic rings. The Bertz CT molecular complexity index is 1440. The molecule has 1 spiro atoms. The van der Waals surface area contributed by atoms with Crippen molar-refractivity contribution in [2.75, 3.05) is 12.4 Å². The van der Waals surface area contributed by atoms with Crippen LogP contribution in [0.1, 0.15) is 85.5 Å². The molecule has 2 heterocycles. The van der Waals surface area contributed by atoms with Crippen molar-refractivity contribution in [3.05, 3.63) is 54.1 Å². The number of allylic oxidation sites excluding steroid dienone is 1. The van der Waals surface area contributed by atoms with Crippen LogP contribution in [0.15, 0.2) is 59.0 Å². The van der Waals surface area contributed by atoms with Gasteiger partial charge in [-0.1, -0.05) is 64.1 Å². The quantitative estimate of drug-likeness (QED) is 0.195.